The number of nitrogens with one attached hydrogen (secondary N) is 1. The fourth-order valence-electron chi connectivity index (χ4n) is 4.09. The number of rotatable bonds is 11. The van der Waals surface area contributed by atoms with Crippen molar-refractivity contribution in [3.05, 3.63) is 36.7 Å². The first-order chi connectivity index (χ1) is 18.5. The Morgan fingerprint density at radius 2 is 2.05 bits per heavy atom. The Labute approximate surface area is 224 Å². The zero-order valence-electron chi connectivity index (χ0n) is 21.9. The average Bonchev–Trinajstić information content (AvgIpc) is 3.40. The van der Waals surface area contributed by atoms with Gasteiger partial charge in [-0.25, -0.2) is 9.55 Å². The standard InChI is InChI=1S/C23H32N7O8P/c1-5-35-19-16-18(27-22(24)28-19)30(12-26-16)21-23(3,25)17(31)15(37-21)11-36-39(33,29-13(2)20(32)34-4)38-14-9-7-6-8-10-14/h6-10,12-13,15,17,21,31H,5,11,25H2,1-4H3,(H,29,33)(H2,24,27,28)/t13-,15+,17+,21+,23+,39?/m0/s1. The topological polar surface area (TPSA) is 208 Å². The van der Waals surface area contributed by atoms with E-state index in [-0.39, 0.29) is 23.2 Å². The summed E-state index contributed by atoms with van der Waals surface area (Å²) in [6.07, 6.45) is -1.90. The van der Waals surface area contributed by atoms with E-state index in [1.165, 1.54) is 24.9 Å². The van der Waals surface area contributed by atoms with Gasteiger partial charge in [-0.1, -0.05) is 18.2 Å². The number of anilines is 1. The van der Waals surface area contributed by atoms with Gasteiger partial charge >= 0.3 is 13.7 Å². The maximum atomic E-state index is 13.7. The first-order valence-electron chi connectivity index (χ1n) is 12.1. The highest BCUT2D eigenvalue weighted by atomic mass is 31.2. The molecule has 0 aliphatic carbocycles. The molecule has 15 nitrogen and oxygen atoms in total. The second-order valence-corrected chi connectivity index (χ2v) is 10.7. The van der Waals surface area contributed by atoms with Crippen molar-refractivity contribution < 1.29 is 37.7 Å². The van der Waals surface area contributed by atoms with Crippen LogP contribution in [0.4, 0.5) is 5.95 Å². The summed E-state index contributed by atoms with van der Waals surface area (Å²) in [5, 5.41) is 13.6. The molecule has 1 aliphatic rings. The van der Waals surface area contributed by atoms with E-state index in [0.717, 1.165) is 0 Å². The number of esters is 1. The van der Waals surface area contributed by atoms with Gasteiger partial charge in [-0.2, -0.15) is 15.1 Å². The van der Waals surface area contributed by atoms with Crippen LogP contribution in [0.3, 0.4) is 0 Å². The minimum atomic E-state index is -4.18. The molecule has 1 aromatic carbocycles. The number of benzene rings is 1. The van der Waals surface area contributed by atoms with Crippen LogP contribution in [0.1, 0.15) is 27.0 Å². The lowest BCUT2D eigenvalue weighted by molar-refractivity contribution is -0.142. The number of nitrogens with zero attached hydrogens (tertiary/aromatic N) is 4. The van der Waals surface area contributed by atoms with E-state index >= 15 is 0 Å². The Morgan fingerprint density at radius 3 is 2.72 bits per heavy atom. The van der Waals surface area contributed by atoms with Crippen LogP contribution in [0.5, 0.6) is 11.6 Å². The number of ether oxygens (including phenoxy) is 3. The van der Waals surface area contributed by atoms with Gasteiger partial charge in [0.1, 0.15) is 24.0 Å². The number of carbonyl (C=O) groups excluding carboxylic acids is 1. The molecular weight excluding hydrogens is 533 g/mol. The number of imidazole rings is 1. The molecule has 39 heavy (non-hydrogen) atoms. The molecule has 16 heteroatoms. The molecular formula is C23H32N7O8P. The quantitative estimate of drug-likeness (QED) is 0.190. The number of fused-ring (bicyclic) bond motifs is 1. The van der Waals surface area contributed by atoms with E-state index < -0.39 is 50.3 Å². The number of nitrogens with two attached hydrogens (primary N) is 2. The van der Waals surface area contributed by atoms with E-state index in [0.29, 0.717) is 12.1 Å². The maximum absolute atomic E-state index is 13.7. The summed E-state index contributed by atoms with van der Waals surface area (Å²) in [4.78, 5) is 24.6. The molecule has 4 rings (SSSR count). The lowest BCUT2D eigenvalue weighted by Crippen LogP contribution is -2.52. The van der Waals surface area contributed by atoms with Crippen LogP contribution >= 0.6 is 7.75 Å². The fraction of sp³-hybridized carbons (Fsp3) is 0.478. The number of para-hydroxylation sites is 1. The second-order valence-electron chi connectivity index (χ2n) is 9.05. The van der Waals surface area contributed by atoms with Crippen molar-refractivity contribution in [3.63, 3.8) is 0 Å². The van der Waals surface area contributed by atoms with Gasteiger partial charge in [0.15, 0.2) is 17.4 Å². The first kappa shape index (κ1) is 28.7. The number of methoxy groups -OCH3 is 1. The van der Waals surface area contributed by atoms with Crippen LogP contribution in [-0.2, 0) is 23.4 Å². The van der Waals surface area contributed by atoms with E-state index in [4.69, 9.17) is 34.7 Å². The molecule has 1 fully saturated rings. The SMILES string of the molecule is CCOc1nc(N)nc2c1ncn2[C@@H]1O[C@H](COP(=O)(N[C@@H](C)C(=O)OC)Oc2ccccc2)[C@@H](O)[C@@]1(C)N. The monoisotopic (exact) mass is 565 g/mol. The molecule has 0 saturated carbocycles. The molecule has 0 amide bonds. The third-order valence-corrected chi connectivity index (χ3v) is 7.69. The Kier molecular flexibility index (Phi) is 8.39. The minimum Gasteiger partial charge on any atom is -0.476 e. The molecule has 0 spiro atoms. The van der Waals surface area contributed by atoms with Crippen LogP contribution in [0.15, 0.2) is 36.7 Å². The molecule has 1 saturated heterocycles. The number of hydrogen-bond acceptors (Lipinski definition) is 13. The van der Waals surface area contributed by atoms with E-state index in [1.54, 1.807) is 44.2 Å². The van der Waals surface area contributed by atoms with Crippen LogP contribution in [0.2, 0.25) is 0 Å². The number of aromatic nitrogens is 4. The molecule has 1 unspecified atom stereocenters. The predicted molar refractivity (Wildman–Crippen MR) is 139 cm³/mol. The molecule has 0 radical (unpaired) electrons. The summed E-state index contributed by atoms with van der Waals surface area (Å²) < 4.78 is 42.7. The second kappa shape index (κ2) is 11.4. The van der Waals surface area contributed by atoms with Gasteiger partial charge in [0, 0.05) is 0 Å². The normalized spacial score (nSPS) is 25.2. The third kappa shape index (κ3) is 5.98. The Balaban J connectivity index is 1.58. The summed E-state index contributed by atoms with van der Waals surface area (Å²) in [6, 6.07) is 7.23. The van der Waals surface area contributed by atoms with Crippen molar-refractivity contribution >= 4 is 30.8 Å². The average molecular weight is 566 g/mol. The number of aliphatic hydroxyl groups excluding tert-OH is 1. The van der Waals surface area contributed by atoms with Gasteiger partial charge in [0.2, 0.25) is 11.8 Å². The van der Waals surface area contributed by atoms with Gasteiger partial charge in [-0.15, -0.1) is 0 Å². The van der Waals surface area contributed by atoms with E-state index in [2.05, 4.69) is 20.0 Å². The summed E-state index contributed by atoms with van der Waals surface area (Å²) in [5.74, 6) is -0.302. The van der Waals surface area contributed by atoms with Crippen LogP contribution in [0, 0.1) is 0 Å². The number of aliphatic hydroxyl groups is 1. The molecule has 6 N–H and O–H groups in total. The lowest BCUT2D eigenvalue weighted by Gasteiger charge is -2.28. The smallest absolute Gasteiger partial charge is 0.459 e. The molecule has 1 aliphatic heterocycles. The van der Waals surface area contributed by atoms with Crippen molar-refractivity contribution in [1.82, 2.24) is 24.6 Å². The third-order valence-electron chi connectivity index (χ3n) is 6.05. The molecule has 6 atom stereocenters. The van der Waals surface area contributed by atoms with E-state index in [1.807, 2.05) is 0 Å². The number of carbonyl (C=O) groups is 1. The molecule has 212 valence electrons. The van der Waals surface area contributed by atoms with Crippen molar-refractivity contribution in [3.8, 4) is 11.6 Å². The van der Waals surface area contributed by atoms with Gasteiger partial charge in [-0.05, 0) is 32.9 Å². The summed E-state index contributed by atoms with van der Waals surface area (Å²) >= 11 is 0. The minimum absolute atomic E-state index is 0.0466. The highest BCUT2D eigenvalue weighted by molar-refractivity contribution is 7.52. The first-order valence-corrected chi connectivity index (χ1v) is 13.6. The highest BCUT2D eigenvalue weighted by Crippen LogP contribution is 2.47. The van der Waals surface area contributed by atoms with Crippen LogP contribution in [0.25, 0.3) is 11.2 Å². The Hall–Kier alpha value is -3.33. The van der Waals surface area contributed by atoms with Crippen molar-refractivity contribution in [1.29, 1.82) is 0 Å². The lowest BCUT2D eigenvalue weighted by atomic mass is 9.93. The Bertz CT molecular complexity index is 1350. The van der Waals surface area contributed by atoms with Gasteiger partial charge < -0.3 is 35.3 Å². The zero-order valence-corrected chi connectivity index (χ0v) is 22.8. The molecule has 0 bridgehead atoms. The largest absolute Gasteiger partial charge is 0.476 e. The van der Waals surface area contributed by atoms with Crippen LogP contribution in [-0.4, -0.2) is 74.7 Å². The van der Waals surface area contributed by atoms with Crippen molar-refractivity contribution in [2.24, 2.45) is 5.73 Å². The van der Waals surface area contributed by atoms with Gasteiger partial charge in [0.25, 0.3) is 0 Å². The van der Waals surface area contributed by atoms with Gasteiger partial charge in [-0.3, -0.25) is 13.9 Å². The fourth-order valence-corrected chi connectivity index (χ4v) is 5.60. The molecule has 2 aromatic heterocycles. The summed E-state index contributed by atoms with van der Waals surface area (Å²) in [6.45, 7) is 4.74. The molecule has 3 heterocycles. The molecule has 3 aromatic rings. The number of hydrogen-bond donors (Lipinski definition) is 4. The summed E-state index contributed by atoms with van der Waals surface area (Å²) in [5.41, 5.74) is 11.6. The maximum Gasteiger partial charge on any atom is 0.459 e. The van der Waals surface area contributed by atoms with Crippen molar-refractivity contribution in [2.45, 2.75) is 50.8 Å². The Morgan fingerprint density at radius 1 is 1.33 bits per heavy atom. The predicted octanol–water partition coefficient (Wildman–Crippen LogP) is 1.14. The van der Waals surface area contributed by atoms with Crippen LogP contribution < -0.4 is 25.8 Å². The van der Waals surface area contributed by atoms with Gasteiger partial charge in [0.05, 0.1) is 32.2 Å². The highest BCUT2D eigenvalue weighted by Gasteiger charge is 2.53. The summed E-state index contributed by atoms with van der Waals surface area (Å²) in [7, 11) is -2.98. The van der Waals surface area contributed by atoms with Crippen molar-refractivity contribution in [2.75, 3.05) is 26.1 Å². The van der Waals surface area contributed by atoms with E-state index in [9.17, 15) is 14.5 Å². The zero-order chi connectivity index (χ0) is 28.4. The number of nitrogen functional groups attached to an aromatic ring is 1.